The summed E-state index contributed by atoms with van der Waals surface area (Å²) in [6.45, 7) is 6.71. The van der Waals surface area contributed by atoms with Crippen molar-refractivity contribution < 1.29 is 5.11 Å². The van der Waals surface area contributed by atoms with E-state index in [4.69, 9.17) is 0 Å². The number of fused-ring (bicyclic) bond motifs is 1. The van der Waals surface area contributed by atoms with Crippen LogP contribution in [0.5, 0.6) is 5.75 Å². The maximum absolute atomic E-state index is 10.5. The molecule has 3 rings (SSSR count). The van der Waals surface area contributed by atoms with Crippen LogP contribution in [0.1, 0.15) is 44.2 Å². The van der Waals surface area contributed by atoms with Crippen molar-refractivity contribution in [3.8, 4) is 5.75 Å². The molecule has 1 aromatic rings. The van der Waals surface area contributed by atoms with Gasteiger partial charge in [-0.1, -0.05) is 29.8 Å². The number of halogens is 2. The minimum Gasteiger partial charge on any atom is -0.506 e. The molecule has 2 fully saturated rings. The van der Waals surface area contributed by atoms with Gasteiger partial charge in [0.05, 0.1) is 4.47 Å². The molecule has 0 aromatic heterocycles. The van der Waals surface area contributed by atoms with Crippen molar-refractivity contribution in [2.24, 2.45) is 11.3 Å². The third kappa shape index (κ3) is 1.44. The van der Waals surface area contributed by atoms with Gasteiger partial charge < -0.3 is 5.11 Å². The van der Waals surface area contributed by atoms with Gasteiger partial charge in [0.15, 0.2) is 0 Å². The van der Waals surface area contributed by atoms with Crippen molar-refractivity contribution in [1.29, 1.82) is 0 Å². The van der Waals surface area contributed by atoms with Gasteiger partial charge in [-0.3, -0.25) is 0 Å². The lowest BCUT2D eigenvalue weighted by Gasteiger charge is -2.34. The molecule has 2 saturated carbocycles. The van der Waals surface area contributed by atoms with E-state index in [0.29, 0.717) is 11.2 Å². The first-order valence-electron chi connectivity index (χ1n) is 6.49. The van der Waals surface area contributed by atoms with Crippen LogP contribution < -0.4 is 0 Å². The highest BCUT2D eigenvalue weighted by atomic mass is 79.9. The SMILES string of the molecule is Cc1c(Br)cc(C2(C)CCC3CC32C)c(O)c1Br. The highest BCUT2D eigenvalue weighted by molar-refractivity contribution is 9.11. The number of phenolic OH excluding ortho intramolecular Hbond substituents is 1. The summed E-state index contributed by atoms with van der Waals surface area (Å²) in [5, 5.41) is 10.5. The Labute approximate surface area is 125 Å². The van der Waals surface area contributed by atoms with Crippen molar-refractivity contribution in [2.75, 3.05) is 0 Å². The summed E-state index contributed by atoms with van der Waals surface area (Å²) in [6, 6.07) is 2.13. The molecule has 2 aliphatic carbocycles. The lowest BCUT2D eigenvalue weighted by atomic mass is 9.70. The predicted octanol–water partition coefficient (Wildman–Crippen LogP) is 5.30. The second-order valence-electron chi connectivity index (χ2n) is 6.38. The molecule has 0 aliphatic heterocycles. The molecule has 1 aromatic carbocycles. The molecule has 3 atom stereocenters. The molecular formula is C15H18Br2O. The third-order valence-electron chi connectivity index (χ3n) is 5.68. The monoisotopic (exact) mass is 372 g/mol. The zero-order chi connectivity index (χ0) is 13.3. The highest BCUT2D eigenvalue weighted by Gasteiger charge is 2.66. The van der Waals surface area contributed by atoms with Crippen molar-refractivity contribution >= 4 is 31.9 Å². The molecule has 18 heavy (non-hydrogen) atoms. The second-order valence-corrected chi connectivity index (χ2v) is 8.03. The molecule has 0 saturated heterocycles. The van der Waals surface area contributed by atoms with E-state index < -0.39 is 0 Å². The van der Waals surface area contributed by atoms with Crippen LogP contribution in [0.15, 0.2) is 15.0 Å². The van der Waals surface area contributed by atoms with Gasteiger partial charge in [0.1, 0.15) is 5.75 Å². The van der Waals surface area contributed by atoms with E-state index in [1.54, 1.807) is 0 Å². The van der Waals surface area contributed by atoms with Crippen LogP contribution in [0.3, 0.4) is 0 Å². The van der Waals surface area contributed by atoms with Gasteiger partial charge >= 0.3 is 0 Å². The zero-order valence-electron chi connectivity index (χ0n) is 11.0. The normalized spacial score (nSPS) is 37.7. The first kappa shape index (κ1) is 13.0. The van der Waals surface area contributed by atoms with Gasteiger partial charge in [-0.15, -0.1) is 0 Å². The molecule has 0 spiro atoms. The van der Waals surface area contributed by atoms with Crippen LogP contribution in [-0.2, 0) is 5.41 Å². The molecule has 3 unspecified atom stereocenters. The molecule has 0 radical (unpaired) electrons. The Balaban J connectivity index is 2.19. The van der Waals surface area contributed by atoms with Crippen LogP contribution in [0.2, 0.25) is 0 Å². The number of rotatable bonds is 1. The summed E-state index contributed by atoms with van der Waals surface area (Å²) in [7, 11) is 0. The second kappa shape index (κ2) is 3.76. The van der Waals surface area contributed by atoms with E-state index in [-0.39, 0.29) is 5.41 Å². The molecule has 3 heteroatoms. The molecule has 2 aliphatic rings. The fourth-order valence-corrected chi connectivity index (χ4v) is 4.99. The van der Waals surface area contributed by atoms with E-state index in [2.05, 4.69) is 51.8 Å². The summed E-state index contributed by atoms with van der Waals surface area (Å²) in [6.07, 6.45) is 3.80. The first-order valence-corrected chi connectivity index (χ1v) is 8.08. The fourth-order valence-electron chi connectivity index (χ4n) is 3.86. The Bertz CT molecular complexity index is 538. The van der Waals surface area contributed by atoms with E-state index >= 15 is 0 Å². The van der Waals surface area contributed by atoms with Crippen LogP contribution in [0.4, 0.5) is 0 Å². The average molecular weight is 374 g/mol. The predicted molar refractivity (Wildman–Crippen MR) is 81.0 cm³/mol. The van der Waals surface area contributed by atoms with Gasteiger partial charge in [0, 0.05) is 15.5 Å². The van der Waals surface area contributed by atoms with Gasteiger partial charge in [-0.25, -0.2) is 0 Å². The number of phenols is 1. The lowest BCUT2D eigenvalue weighted by molar-refractivity contribution is 0.298. The average Bonchev–Trinajstić information content (AvgIpc) is 2.94. The third-order valence-corrected chi connectivity index (χ3v) is 7.47. The molecule has 98 valence electrons. The van der Waals surface area contributed by atoms with Crippen molar-refractivity contribution in [3.63, 3.8) is 0 Å². The fraction of sp³-hybridized carbons (Fsp3) is 0.600. The maximum atomic E-state index is 10.5. The van der Waals surface area contributed by atoms with E-state index in [0.717, 1.165) is 26.0 Å². The summed E-state index contributed by atoms with van der Waals surface area (Å²) in [4.78, 5) is 0. The summed E-state index contributed by atoms with van der Waals surface area (Å²) in [5.41, 5.74) is 2.67. The highest BCUT2D eigenvalue weighted by Crippen LogP contribution is 2.73. The van der Waals surface area contributed by atoms with Crippen molar-refractivity contribution in [2.45, 2.75) is 45.4 Å². The summed E-state index contributed by atoms with van der Waals surface area (Å²) in [5.74, 6) is 1.30. The van der Waals surface area contributed by atoms with Gasteiger partial charge in [0.25, 0.3) is 0 Å². The smallest absolute Gasteiger partial charge is 0.133 e. The molecule has 1 nitrogen and oxygen atoms in total. The zero-order valence-corrected chi connectivity index (χ0v) is 14.2. The van der Waals surface area contributed by atoms with Crippen LogP contribution in [-0.4, -0.2) is 5.11 Å². The Kier molecular flexibility index (Phi) is 2.71. The van der Waals surface area contributed by atoms with Gasteiger partial charge in [-0.05, 0) is 65.1 Å². The van der Waals surface area contributed by atoms with Gasteiger partial charge in [-0.2, -0.15) is 0 Å². The lowest BCUT2D eigenvalue weighted by Crippen LogP contribution is -2.29. The van der Waals surface area contributed by atoms with Crippen molar-refractivity contribution in [3.05, 3.63) is 26.1 Å². The van der Waals surface area contributed by atoms with Crippen LogP contribution >= 0.6 is 31.9 Å². The summed E-state index contributed by atoms with van der Waals surface area (Å²) >= 11 is 7.14. The first-order chi connectivity index (χ1) is 8.31. The number of hydrogen-bond acceptors (Lipinski definition) is 1. The van der Waals surface area contributed by atoms with E-state index in [9.17, 15) is 5.11 Å². The maximum Gasteiger partial charge on any atom is 0.133 e. The Morgan fingerprint density at radius 3 is 2.50 bits per heavy atom. The van der Waals surface area contributed by atoms with Crippen molar-refractivity contribution in [1.82, 2.24) is 0 Å². The van der Waals surface area contributed by atoms with E-state index in [1.807, 2.05) is 6.92 Å². The minimum atomic E-state index is 0.112. The van der Waals surface area contributed by atoms with Crippen LogP contribution in [0.25, 0.3) is 0 Å². The minimum absolute atomic E-state index is 0.112. The van der Waals surface area contributed by atoms with Gasteiger partial charge in [0.2, 0.25) is 0 Å². The largest absolute Gasteiger partial charge is 0.506 e. The molecule has 0 heterocycles. The Morgan fingerprint density at radius 2 is 2.00 bits per heavy atom. The quantitative estimate of drug-likeness (QED) is 0.707. The topological polar surface area (TPSA) is 20.2 Å². The molecule has 0 amide bonds. The van der Waals surface area contributed by atoms with Crippen LogP contribution in [0, 0.1) is 18.3 Å². The number of aromatic hydroxyl groups is 1. The standard InChI is InChI=1S/C15H18Br2O/c1-8-11(16)6-10(13(18)12(8)17)14(2)5-4-9-7-15(9,14)3/h6,9,18H,4-5,7H2,1-3H3. The molecule has 0 bridgehead atoms. The Hall–Kier alpha value is -0.0200. The van der Waals surface area contributed by atoms with E-state index in [1.165, 1.54) is 19.3 Å². The Morgan fingerprint density at radius 1 is 1.33 bits per heavy atom. The number of hydrogen-bond donors (Lipinski definition) is 1. The number of benzene rings is 1. The summed E-state index contributed by atoms with van der Waals surface area (Å²) < 4.78 is 1.91. The molecular weight excluding hydrogens is 356 g/mol. The molecule has 1 N–H and O–H groups in total.